The molecule has 4 nitrogen and oxygen atoms in total. The molecule has 4 heteroatoms. The molecular weight excluding hydrogens is 406 g/mol. The van der Waals surface area contributed by atoms with Crippen LogP contribution in [0.2, 0.25) is 0 Å². The molecule has 164 valence electrons. The van der Waals surface area contributed by atoms with Gasteiger partial charge >= 0.3 is 0 Å². The van der Waals surface area contributed by atoms with Crippen LogP contribution in [-0.2, 0) is 5.54 Å². The minimum Gasteiger partial charge on any atom is -0.491 e. The Morgan fingerprint density at radius 1 is 0.727 bits per heavy atom. The number of rotatable bonds is 6. The third-order valence-electron chi connectivity index (χ3n) is 5.94. The number of anilines is 1. The average molecular weight is 434 g/mol. The van der Waals surface area contributed by atoms with E-state index < -0.39 is 5.54 Å². The van der Waals surface area contributed by atoms with E-state index in [1.807, 2.05) is 44.2 Å². The number of hydrogen-bond donors (Lipinski definition) is 1. The minimum atomic E-state index is -0.708. The molecule has 5 aromatic rings. The lowest BCUT2D eigenvalue weighted by Gasteiger charge is -2.37. The van der Waals surface area contributed by atoms with Gasteiger partial charge in [0, 0.05) is 5.39 Å². The number of nitrogens with two attached hydrogens (primary N) is 1. The molecule has 33 heavy (non-hydrogen) atoms. The van der Waals surface area contributed by atoms with E-state index in [0.29, 0.717) is 5.82 Å². The van der Waals surface area contributed by atoms with Crippen molar-refractivity contribution >= 4 is 16.7 Å². The van der Waals surface area contributed by atoms with Gasteiger partial charge in [-0.2, -0.15) is 5.10 Å². The second-order valence-corrected chi connectivity index (χ2v) is 8.45. The van der Waals surface area contributed by atoms with Crippen LogP contribution >= 0.6 is 0 Å². The largest absolute Gasteiger partial charge is 0.491 e. The second kappa shape index (κ2) is 8.47. The lowest BCUT2D eigenvalue weighted by molar-refractivity contribution is 0.243. The molecule has 0 amide bonds. The quantitative estimate of drug-likeness (QED) is 0.322. The Hall–Kier alpha value is -4.05. The molecule has 0 aliphatic rings. The van der Waals surface area contributed by atoms with Crippen LogP contribution in [0.25, 0.3) is 10.9 Å². The SMILES string of the molecule is CC(C)Oc1ccc2c(c1)c(N)nn2C(c1ccccc1)(c1ccccc1)c1ccccc1. The van der Waals surface area contributed by atoms with E-state index >= 15 is 0 Å². The molecule has 0 saturated heterocycles. The molecule has 0 unspecified atom stereocenters. The summed E-state index contributed by atoms with van der Waals surface area (Å²) in [6, 6.07) is 37.5. The molecule has 0 spiro atoms. The Morgan fingerprint density at radius 3 is 1.67 bits per heavy atom. The number of benzene rings is 4. The molecule has 0 fully saturated rings. The van der Waals surface area contributed by atoms with E-state index in [9.17, 15) is 0 Å². The van der Waals surface area contributed by atoms with E-state index in [2.05, 4.69) is 83.5 Å². The van der Waals surface area contributed by atoms with Gasteiger partial charge in [0.25, 0.3) is 0 Å². The predicted octanol–water partition coefficient (Wildman–Crippen LogP) is 6.25. The Bertz CT molecular complexity index is 1260. The summed E-state index contributed by atoms with van der Waals surface area (Å²) in [5, 5.41) is 5.83. The van der Waals surface area contributed by atoms with Crippen LogP contribution in [0, 0.1) is 0 Å². The lowest BCUT2D eigenvalue weighted by Crippen LogP contribution is -2.38. The molecule has 2 N–H and O–H groups in total. The van der Waals surface area contributed by atoms with E-state index in [-0.39, 0.29) is 6.10 Å². The van der Waals surface area contributed by atoms with Crippen molar-refractivity contribution in [3.05, 3.63) is 126 Å². The molecule has 5 rings (SSSR count). The molecule has 1 heterocycles. The van der Waals surface area contributed by atoms with Gasteiger partial charge in [-0.1, -0.05) is 91.0 Å². The van der Waals surface area contributed by atoms with Gasteiger partial charge < -0.3 is 10.5 Å². The highest BCUT2D eigenvalue weighted by Gasteiger charge is 2.40. The van der Waals surface area contributed by atoms with Crippen LogP contribution < -0.4 is 10.5 Å². The molecule has 0 atom stereocenters. The fourth-order valence-electron chi connectivity index (χ4n) is 4.63. The van der Waals surface area contributed by atoms with Crippen LogP contribution in [0.3, 0.4) is 0 Å². The summed E-state index contributed by atoms with van der Waals surface area (Å²) in [7, 11) is 0. The zero-order chi connectivity index (χ0) is 22.8. The first-order valence-electron chi connectivity index (χ1n) is 11.2. The zero-order valence-corrected chi connectivity index (χ0v) is 18.8. The topological polar surface area (TPSA) is 53.1 Å². The van der Waals surface area contributed by atoms with Crippen molar-refractivity contribution < 1.29 is 4.74 Å². The standard InChI is InChI=1S/C29H27N3O/c1-21(2)33-25-18-19-27-26(20-25)28(30)31-32(27)29(22-12-6-3-7-13-22,23-14-8-4-9-15-23)24-16-10-5-11-17-24/h3-21H,1-2H3,(H2,30,31). The van der Waals surface area contributed by atoms with Crippen molar-refractivity contribution in [1.82, 2.24) is 9.78 Å². The highest BCUT2D eigenvalue weighted by molar-refractivity contribution is 5.91. The molecule has 0 saturated carbocycles. The number of nitrogen functional groups attached to an aromatic ring is 1. The summed E-state index contributed by atoms with van der Waals surface area (Å²) in [5.41, 5.74) is 10.1. The van der Waals surface area contributed by atoms with Gasteiger partial charge in [-0.15, -0.1) is 0 Å². The summed E-state index contributed by atoms with van der Waals surface area (Å²) in [6.07, 6.45) is 0.0794. The Labute approximate surface area is 194 Å². The summed E-state index contributed by atoms with van der Waals surface area (Å²) in [6.45, 7) is 4.03. The highest BCUT2D eigenvalue weighted by atomic mass is 16.5. The van der Waals surface area contributed by atoms with Crippen LogP contribution in [-0.4, -0.2) is 15.9 Å². The third kappa shape index (κ3) is 3.54. The smallest absolute Gasteiger partial charge is 0.153 e. The number of nitrogens with zero attached hydrogens (tertiary/aromatic N) is 2. The minimum absolute atomic E-state index is 0.0794. The first kappa shape index (κ1) is 20.8. The first-order valence-corrected chi connectivity index (χ1v) is 11.2. The van der Waals surface area contributed by atoms with E-state index in [4.69, 9.17) is 15.6 Å². The first-order chi connectivity index (χ1) is 16.1. The fourth-order valence-corrected chi connectivity index (χ4v) is 4.63. The van der Waals surface area contributed by atoms with E-state index in [1.54, 1.807) is 0 Å². The summed E-state index contributed by atoms with van der Waals surface area (Å²) in [5.74, 6) is 1.26. The Kier molecular flexibility index (Phi) is 5.35. The Balaban J connectivity index is 1.89. The normalized spacial score (nSPS) is 11.7. The zero-order valence-electron chi connectivity index (χ0n) is 18.8. The molecule has 1 aromatic heterocycles. The van der Waals surface area contributed by atoms with Crippen LogP contribution in [0.15, 0.2) is 109 Å². The van der Waals surface area contributed by atoms with Gasteiger partial charge in [0.15, 0.2) is 5.82 Å². The number of ether oxygens (including phenoxy) is 1. The molecule has 0 aliphatic heterocycles. The lowest BCUT2D eigenvalue weighted by atomic mass is 9.77. The number of fused-ring (bicyclic) bond motifs is 1. The maximum atomic E-state index is 6.52. The van der Waals surface area contributed by atoms with Gasteiger partial charge in [-0.05, 0) is 48.7 Å². The van der Waals surface area contributed by atoms with Crippen LogP contribution in [0.5, 0.6) is 5.75 Å². The van der Waals surface area contributed by atoms with Crippen molar-refractivity contribution in [2.45, 2.75) is 25.5 Å². The van der Waals surface area contributed by atoms with Crippen molar-refractivity contribution in [1.29, 1.82) is 0 Å². The van der Waals surface area contributed by atoms with Gasteiger partial charge in [0.2, 0.25) is 0 Å². The second-order valence-electron chi connectivity index (χ2n) is 8.45. The predicted molar refractivity (Wildman–Crippen MR) is 135 cm³/mol. The molecular formula is C29H27N3O. The highest BCUT2D eigenvalue weighted by Crippen LogP contribution is 2.43. The van der Waals surface area contributed by atoms with Gasteiger partial charge in [0.1, 0.15) is 11.3 Å². The summed E-state index contributed by atoms with van der Waals surface area (Å²) >= 11 is 0. The molecule has 0 aliphatic carbocycles. The van der Waals surface area contributed by atoms with Crippen molar-refractivity contribution in [2.24, 2.45) is 0 Å². The maximum absolute atomic E-state index is 6.52. The fraction of sp³-hybridized carbons (Fsp3) is 0.138. The van der Waals surface area contributed by atoms with E-state index in [1.165, 1.54) is 0 Å². The molecule has 0 radical (unpaired) electrons. The monoisotopic (exact) mass is 433 g/mol. The number of aromatic nitrogens is 2. The molecule has 0 bridgehead atoms. The average Bonchev–Trinajstić information content (AvgIpc) is 3.17. The van der Waals surface area contributed by atoms with Crippen molar-refractivity contribution in [2.75, 3.05) is 5.73 Å². The Morgan fingerprint density at radius 2 is 1.21 bits per heavy atom. The van der Waals surface area contributed by atoms with Crippen molar-refractivity contribution in [3.63, 3.8) is 0 Å². The van der Waals surface area contributed by atoms with E-state index in [0.717, 1.165) is 33.3 Å². The van der Waals surface area contributed by atoms with Gasteiger partial charge in [-0.3, -0.25) is 0 Å². The van der Waals surface area contributed by atoms with Gasteiger partial charge in [-0.25, -0.2) is 4.68 Å². The van der Waals surface area contributed by atoms with Crippen LogP contribution in [0.1, 0.15) is 30.5 Å². The summed E-state index contributed by atoms with van der Waals surface area (Å²) < 4.78 is 8.00. The third-order valence-corrected chi connectivity index (χ3v) is 5.94. The van der Waals surface area contributed by atoms with Gasteiger partial charge in [0.05, 0.1) is 11.6 Å². The maximum Gasteiger partial charge on any atom is 0.153 e. The number of hydrogen-bond acceptors (Lipinski definition) is 3. The van der Waals surface area contributed by atoms with Crippen molar-refractivity contribution in [3.8, 4) is 5.75 Å². The van der Waals surface area contributed by atoms with Crippen LogP contribution in [0.4, 0.5) is 5.82 Å². The molecule has 4 aromatic carbocycles. The summed E-state index contributed by atoms with van der Waals surface area (Å²) in [4.78, 5) is 0.